The van der Waals surface area contributed by atoms with Gasteiger partial charge in [0.1, 0.15) is 0 Å². The van der Waals surface area contributed by atoms with Crippen LogP contribution in [-0.4, -0.2) is 30.7 Å². The molecule has 0 aromatic carbocycles. The zero-order chi connectivity index (χ0) is 12.2. The number of rotatable bonds is 11. The summed E-state index contributed by atoms with van der Waals surface area (Å²) in [6.07, 6.45) is 5.50. The van der Waals surface area contributed by atoms with Crippen LogP contribution in [0.5, 0.6) is 0 Å². The van der Waals surface area contributed by atoms with Crippen molar-refractivity contribution < 1.29 is 14.6 Å². The smallest absolute Gasteiger partial charge is 0.154 e. The molecule has 3 heteroatoms. The van der Waals surface area contributed by atoms with Crippen LogP contribution in [0.25, 0.3) is 0 Å². The Labute approximate surface area is 100 Å². The van der Waals surface area contributed by atoms with Crippen molar-refractivity contribution in [1.29, 1.82) is 0 Å². The maximum Gasteiger partial charge on any atom is 0.154 e. The Balaban J connectivity index is 3.57. The van der Waals surface area contributed by atoms with Crippen molar-refractivity contribution in [3.05, 3.63) is 0 Å². The largest absolute Gasteiger partial charge is 0.378 e. The van der Waals surface area contributed by atoms with Gasteiger partial charge in [-0.15, -0.1) is 0 Å². The van der Waals surface area contributed by atoms with E-state index in [2.05, 4.69) is 13.8 Å². The number of aliphatic hydroxyl groups is 1. The summed E-state index contributed by atoms with van der Waals surface area (Å²) in [5.41, 5.74) is 0. The molecule has 0 radical (unpaired) electrons. The van der Waals surface area contributed by atoms with Crippen molar-refractivity contribution >= 4 is 0 Å². The van der Waals surface area contributed by atoms with Crippen LogP contribution < -0.4 is 0 Å². The molecule has 0 saturated carbocycles. The van der Waals surface area contributed by atoms with Gasteiger partial charge in [-0.3, -0.25) is 0 Å². The summed E-state index contributed by atoms with van der Waals surface area (Å²) < 4.78 is 11.0. The highest BCUT2D eigenvalue weighted by atomic mass is 16.6. The van der Waals surface area contributed by atoms with Crippen molar-refractivity contribution in [2.24, 2.45) is 0 Å². The van der Waals surface area contributed by atoms with Crippen LogP contribution in [-0.2, 0) is 9.47 Å². The van der Waals surface area contributed by atoms with Gasteiger partial charge in [-0.05, 0) is 25.7 Å². The number of hydrogen-bond acceptors (Lipinski definition) is 3. The first-order valence-corrected chi connectivity index (χ1v) is 6.65. The molecule has 3 nitrogen and oxygen atoms in total. The van der Waals surface area contributed by atoms with E-state index >= 15 is 0 Å². The van der Waals surface area contributed by atoms with Gasteiger partial charge in [0.25, 0.3) is 0 Å². The Morgan fingerprint density at radius 3 is 2.06 bits per heavy atom. The van der Waals surface area contributed by atoms with Gasteiger partial charge in [0.15, 0.2) is 6.29 Å². The molecule has 0 rings (SSSR count). The first-order chi connectivity index (χ1) is 7.74. The molecule has 0 aromatic rings. The molecule has 0 bridgehead atoms. The lowest BCUT2D eigenvalue weighted by molar-refractivity contribution is -0.112. The Hall–Kier alpha value is -0.120. The Morgan fingerprint density at radius 1 is 0.812 bits per heavy atom. The summed E-state index contributed by atoms with van der Waals surface area (Å²) in [5, 5.41) is 9.40. The number of aliphatic hydroxyl groups excluding tert-OH is 1. The monoisotopic (exact) mass is 232 g/mol. The fourth-order valence-electron chi connectivity index (χ4n) is 1.58. The molecule has 1 N–H and O–H groups in total. The third kappa shape index (κ3) is 9.13. The van der Waals surface area contributed by atoms with Crippen LogP contribution in [0.3, 0.4) is 0 Å². The maximum atomic E-state index is 9.40. The second kappa shape index (κ2) is 11.4. The summed E-state index contributed by atoms with van der Waals surface area (Å²) in [6, 6.07) is 0. The molecule has 0 aromatic heterocycles. The molecule has 0 saturated heterocycles. The van der Waals surface area contributed by atoms with Crippen molar-refractivity contribution in [3.63, 3.8) is 0 Å². The van der Waals surface area contributed by atoms with E-state index in [1.165, 1.54) is 0 Å². The van der Waals surface area contributed by atoms with E-state index < -0.39 is 6.29 Å². The van der Waals surface area contributed by atoms with Crippen LogP contribution in [0.2, 0.25) is 0 Å². The number of ether oxygens (including phenoxy) is 2. The van der Waals surface area contributed by atoms with Crippen molar-refractivity contribution in [2.75, 3.05) is 13.2 Å². The molecule has 2 atom stereocenters. The quantitative estimate of drug-likeness (QED) is 0.556. The fraction of sp³-hybridized carbons (Fsp3) is 1.00. The highest BCUT2D eigenvalue weighted by molar-refractivity contribution is 4.57. The van der Waals surface area contributed by atoms with Crippen LogP contribution in [0.15, 0.2) is 0 Å². The first kappa shape index (κ1) is 15.9. The molecule has 0 aliphatic carbocycles. The van der Waals surface area contributed by atoms with E-state index in [1.54, 1.807) is 0 Å². The summed E-state index contributed by atoms with van der Waals surface area (Å²) >= 11 is 0. The summed E-state index contributed by atoms with van der Waals surface area (Å²) in [7, 11) is 0. The minimum atomic E-state index is -0.599. The molecule has 0 spiro atoms. The van der Waals surface area contributed by atoms with E-state index in [0.717, 1.165) is 38.7 Å². The van der Waals surface area contributed by atoms with Crippen LogP contribution in [0.4, 0.5) is 0 Å². The van der Waals surface area contributed by atoms with Gasteiger partial charge in [0, 0.05) is 6.61 Å². The van der Waals surface area contributed by atoms with Crippen LogP contribution in [0.1, 0.15) is 59.3 Å². The molecule has 16 heavy (non-hydrogen) atoms. The van der Waals surface area contributed by atoms with Gasteiger partial charge in [0.2, 0.25) is 0 Å². The van der Waals surface area contributed by atoms with E-state index in [0.29, 0.717) is 19.1 Å². The molecule has 0 fully saturated rings. The Kier molecular flexibility index (Phi) is 11.3. The normalized spacial score (nSPS) is 15.0. The summed E-state index contributed by atoms with van der Waals surface area (Å²) in [4.78, 5) is 0. The highest BCUT2D eigenvalue weighted by Gasteiger charge is 2.09. The van der Waals surface area contributed by atoms with Gasteiger partial charge in [-0.25, -0.2) is 0 Å². The SMILES string of the molecule is CCCOC(CCC)CCOC(O)CCC. The highest BCUT2D eigenvalue weighted by Crippen LogP contribution is 2.09. The molecule has 0 aliphatic heterocycles. The lowest BCUT2D eigenvalue weighted by Crippen LogP contribution is -2.19. The maximum absolute atomic E-state index is 9.40. The molecular weight excluding hydrogens is 204 g/mol. The second-order valence-corrected chi connectivity index (χ2v) is 4.18. The van der Waals surface area contributed by atoms with Crippen LogP contribution in [0, 0.1) is 0 Å². The molecule has 98 valence electrons. The predicted molar refractivity (Wildman–Crippen MR) is 66.4 cm³/mol. The minimum absolute atomic E-state index is 0.291. The first-order valence-electron chi connectivity index (χ1n) is 6.65. The molecule has 0 aliphatic rings. The van der Waals surface area contributed by atoms with Gasteiger partial charge < -0.3 is 14.6 Å². The van der Waals surface area contributed by atoms with E-state index in [9.17, 15) is 5.11 Å². The summed E-state index contributed by atoms with van der Waals surface area (Å²) in [6.45, 7) is 7.73. The Morgan fingerprint density at radius 2 is 1.50 bits per heavy atom. The van der Waals surface area contributed by atoms with Gasteiger partial charge in [-0.1, -0.05) is 33.6 Å². The lowest BCUT2D eigenvalue weighted by atomic mass is 10.1. The fourth-order valence-corrected chi connectivity index (χ4v) is 1.58. The number of hydrogen-bond donors (Lipinski definition) is 1. The van der Waals surface area contributed by atoms with Crippen molar-refractivity contribution in [2.45, 2.75) is 71.7 Å². The lowest BCUT2D eigenvalue weighted by Gasteiger charge is -2.18. The molecular formula is C13H28O3. The van der Waals surface area contributed by atoms with E-state index in [4.69, 9.17) is 9.47 Å². The molecule has 0 amide bonds. The molecule has 0 heterocycles. The van der Waals surface area contributed by atoms with E-state index in [1.807, 2.05) is 6.92 Å². The van der Waals surface area contributed by atoms with E-state index in [-0.39, 0.29) is 0 Å². The van der Waals surface area contributed by atoms with Gasteiger partial charge in [-0.2, -0.15) is 0 Å². The Bertz CT molecular complexity index is 139. The van der Waals surface area contributed by atoms with Crippen LogP contribution >= 0.6 is 0 Å². The predicted octanol–water partition coefficient (Wildman–Crippen LogP) is 3.11. The van der Waals surface area contributed by atoms with Gasteiger partial charge in [0.05, 0.1) is 12.7 Å². The average Bonchev–Trinajstić information content (AvgIpc) is 2.26. The second-order valence-electron chi connectivity index (χ2n) is 4.18. The third-order valence-corrected chi connectivity index (χ3v) is 2.45. The molecule has 2 unspecified atom stereocenters. The topological polar surface area (TPSA) is 38.7 Å². The third-order valence-electron chi connectivity index (χ3n) is 2.45. The van der Waals surface area contributed by atoms with Crippen molar-refractivity contribution in [1.82, 2.24) is 0 Å². The summed E-state index contributed by atoms with van der Waals surface area (Å²) in [5.74, 6) is 0. The standard InChI is InChI=1S/C13H28O3/c1-4-7-12(15-10-6-3)9-11-16-13(14)8-5-2/h12-14H,4-11H2,1-3H3. The zero-order valence-electron chi connectivity index (χ0n) is 11.1. The van der Waals surface area contributed by atoms with Gasteiger partial charge >= 0.3 is 0 Å². The zero-order valence-corrected chi connectivity index (χ0v) is 11.1. The minimum Gasteiger partial charge on any atom is -0.378 e. The van der Waals surface area contributed by atoms with Crippen molar-refractivity contribution in [3.8, 4) is 0 Å². The average molecular weight is 232 g/mol.